The van der Waals surface area contributed by atoms with Crippen molar-refractivity contribution in [1.82, 2.24) is 14.7 Å². The van der Waals surface area contributed by atoms with Gasteiger partial charge in [-0.05, 0) is 63.9 Å². The van der Waals surface area contributed by atoms with E-state index in [9.17, 15) is 24.6 Å². The fourth-order valence-corrected chi connectivity index (χ4v) is 6.60. The number of nitrogens with zero attached hydrogens (tertiary/aromatic N) is 4. The second kappa shape index (κ2) is 15.2. The number of amides is 2. The van der Waals surface area contributed by atoms with Gasteiger partial charge in [-0.25, -0.2) is 0 Å². The zero-order valence-electron chi connectivity index (χ0n) is 28.3. The molecule has 3 aromatic carbocycles. The van der Waals surface area contributed by atoms with Gasteiger partial charge in [0.15, 0.2) is 5.78 Å². The number of hydrogen-bond acceptors (Lipinski definition) is 7. The number of rotatable bonds is 11. The number of phenolic OH excluding ortho intramolecular Hbond substituents is 1. The predicted molar refractivity (Wildman–Crippen MR) is 189 cm³/mol. The number of carbonyl (C=O) groups is 3. The van der Waals surface area contributed by atoms with Gasteiger partial charge in [0.25, 0.3) is 11.8 Å². The highest BCUT2D eigenvalue weighted by Gasteiger charge is 2.31. The average Bonchev–Trinajstić information content (AvgIpc) is 3.12. The molecule has 0 bridgehead atoms. The van der Waals surface area contributed by atoms with Crippen LogP contribution in [0.3, 0.4) is 0 Å². The minimum absolute atomic E-state index is 0.131. The summed E-state index contributed by atoms with van der Waals surface area (Å²) in [6, 6.07) is 19.0. The van der Waals surface area contributed by atoms with E-state index in [-0.39, 0.29) is 40.0 Å². The largest absolute Gasteiger partial charge is 0.511 e. The van der Waals surface area contributed by atoms with Crippen LogP contribution in [0.4, 0.5) is 5.69 Å². The lowest BCUT2D eigenvalue weighted by Gasteiger charge is -2.36. The number of carbonyl (C=O) groups excluding carboxylic acids is 3. The number of aromatic hydroxyl groups is 1. The molecule has 0 unspecified atom stereocenters. The molecular weight excluding hydrogens is 604 g/mol. The Kier molecular flexibility index (Phi) is 10.9. The van der Waals surface area contributed by atoms with Gasteiger partial charge in [-0.3, -0.25) is 14.4 Å². The first-order valence-electron chi connectivity index (χ1n) is 16.8. The number of likely N-dealkylation sites (N-methyl/N-ethyl adjacent to an activating group) is 1. The van der Waals surface area contributed by atoms with E-state index < -0.39 is 5.78 Å². The Labute approximate surface area is 283 Å². The smallest absolute Gasteiger partial charge is 0.254 e. The normalized spacial score (nSPS) is 14.9. The highest BCUT2D eigenvalue weighted by molar-refractivity contribution is 6.16. The molecule has 9 nitrogen and oxygen atoms in total. The lowest BCUT2D eigenvalue weighted by atomic mass is 9.90. The molecule has 0 spiro atoms. The number of ketones is 1. The highest BCUT2D eigenvalue weighted by Crippen LogP contribution is 2.36. The Morgan fingerprint density at radius 1 is 0.667 bits per heavy atom. The number of aliphatic hydroxyl groups excluding tert-OH is 1. The summed E-state index contributed by atoms with van der Waals surface area (Å²) in [5.74, 6) is -0.858. The number of allylic oxidation sites excluding steroid dienone is 3. The average molecular weight is 650 g/mol. The third-order valence-electron chi connectivity index (χ3n) is 9.28. The second-order valence-electron chi connectivity index (χ2n) is 11.8. The van der Waals surface area contributed by atoms with E-state index in [1.54, 1.807) is 58.7 Å². The van der Waals surface area contributed by atoms with Crippen molar-refractivity contribution in [2.75, 3.05) is 57.3 Å². The lowest BCUT2D eigenvalue weighted by Crippen LogP contribution is -2.51. The van der Waals surface area contributed by atoms with Gasteiger partial charge in [-0.15, -0.1) is 0 Å². The molecule has 5 rings (SSSR count). The Balaban J connectivity index is 1.33. The van der Waals surface area contributed by atoms with Gasteiger partial charge in [0.2, 0.25) is 0 Å². The number of hydrogen-bond donors (Lipinski definition) is 2. The van der Waals surface area contributed by atoms with Gasteiger partial charge in [0.05, 0.1) is 11.1 Å². The quantitative estimate of drug-likeness (QED) is 0.240. The van der Waals surface area contributed by atoms with Crippen LogP contribution in [-0.2, 0) is 0 Å². The Hall–Kier alpha value is -5.05. The first-order chi connectivity index (χ1) is 23.2. The molecule has 0 aromatic heterocycles. The van der Waals surface area contributed by atoms with E-state index in [4.69, 9.17) is 0 Å². The van der Waals surface area contributed by atoms with E-state index in [1.807, 2.05) is 38.1 Å². The maximum Gasteiger partial charge on any atom is 0.254 e. The summed E-state index contributed by atoms with van der Waals surface area (Å²) in [5, 5.41) is 21.8. The van der Waals surface area contributed by atoms with E-state index in [0.29, 0.717) is 49.3 Å². The van der Waals surface area contributed by atoms with Gasteiger partial charge in [0.1, 0.15) is 11.5 Å². The molecule has 0 saturated carbocycles. The van der Waals surface area contributed by atoms with Crippen LogP contribution in [0.1, 0.15) is 76.3 Å². The Bertz CT molecular complexity index is 1730. The zero-order valence-corrected chi connectivity index (χ0v) is 28.3. The highest BCUT2D eigenvalue weighted by atomic mass is 16.3. The molecule has 1 saturated heterocycles. The summed E-state index contributed by atoms with van der Waals surface area (Å²) in [5.41, 5.74) is 4.16. The number of aliphatic hydroxyl groups is 1. The fraction of sp³-hybridized carbons (Fsp3) is 0.333. The monoisotopic (exact) mass is 649 g/mol. The van der Waals surface area contributed by atoms with Gasteiger partial charge < -0.3 is 29.8 Å². The summed E-state index contributed by atoms with van der Waals surface area (Å²) in [7, 11) is 0. The Morgan fingerprint density at radius 2 is 1.21 bits per heavy atom. The van der Waals surface area contributed by atoms with Crippen LogP contribution < -0.4 is 4.90 Å². The summed E-state index contributed by atoms with van der Waals surface area (Å²) < 4.78 is 0. The lowest BCUT2D eigenvalue weighted by molar-refractivity contribution is 0.0534. The predicted octanol–water partition coefficient (Wildman–Crippen LogP) is 6.17. The maximum atomic E-state index is 14.0. The third-order valence-corrected chi connectivity index (χ3v) is 9.28. The minimum atomic E-state index is -0.427. The number of piperazine rings is 1. The van der Waals surface area contributed by atoms with Crippen molar-refractivity contribution in [1.29, 1.82) is 0 Å². The van der Waals surface area contributed by atoms with Crippen molar-refractivity contribution in [3.8, 4) is 5.75 Å². The first-order valence-corrected chi connectivity index (χ1v) is 16.8. The second-order valence-corrected chi connectivity index (χ2v) is 11.8. The molecule has 251 valence electrons. The minimum Gasteiger partial charge on any atom is -0.511 e. The van der Waals surface area contributed by atoms with Gasteiger partial charge in [-0.2, -0.15) is 0 Å². The van der Waals surface area contributed by atoms with Crippen molar-refractivity contribution >= 4 is 28.9 Å². The molecule has 2 N–H and O–H groups in total. The summed E-state index contributed by atoms with van der Waals surface area (Å²) >= 11 is 0. The molecule has 9 heteroatoms. The van der Waals surface area contributed by atoms with E-state index in [1.165, 1.54) is 0 Å². The molecule has 1 aliphatic heterocycles. The van der Waals surface area contributed by atoms with E-state index >= 15 is 0 Å². The van der Waals surface area contributed by atoms with E-state index in [0.717, 1.165) is 37.6 Å². The summed E-state index contributed by atoms with van der Waals surface area (Å²) in [6.45, 7) is 12.5. The van der Waals surface area contributed by atoms with Crippen molar-refractivity contribution in [2.24, 2.45) is 0 Å². The topological polar surface area (TPSA) is 105 Å². The standard InChI is InChI=1S/C39H45N4O5/c1-5-40(6-2)27-20-21-32(35(45)26-27)37(46)29-15-10-12-17-31(29)39(48)43-24-22-42(23-25-43)38(47)30-16-11-9-14-28(30)36-33(41(7-3)8-4)18-13-19-34(36)44/h9-12,14-21,26,44-45H,5-8,13,22-25H2,1-4H3. The molecule has 2 aliphatic rings. The number of anilines is 1. The van der Waals surface area contributed by atoms with Crippen molar-refractivity contribution < 1.29 is 24.6 Å². The van der Waals surface area contributed by atoms with E-state index in [2.05, 4.69) is 29.7 Å². The molecule has 1 aliphatic carbocycles. The summed E-state index contributed by atoms with van der Waals surface area (Å²) in [4.78, 5) is 49.1. The first kappa shape index (κ1) is 34.3. The Morgan fingerprint density at radius 3 is 1.79 bits per heavy atom. The molecule has 1 fully saturated rings. The van der Waals surface area contributed by atoms with Crippen LogP contribution in [0.15, 0.2) is 84.3 Å². The van der Waals surface area contributed by atoms with Crippen LogP contribution in [0.5, 0.6) is 5.75 Å². The van der Waals surface area contributed by atoms with Crippen LogP contribution in [0, 0.1) is 6.42 Å². The zero-order chi connectivity index (χ0) is 34.4. The maximum absolute atomic E-state index is 14.0. The van der Waals surface area contributed by atoms with Gasteiger partial charge >= 0.3 is 0 Å². The SMILES string of the molecule is CCN(CC)C1=CC[CH]C(O)=C1c1ccccc1C(=O)N1CCN(C(=O)c2ccccc2C(=O)c2ccc(N(CC)CC)cc2O)CC1. The molecule has 3 aromatic rings. The van der Waals surface area contributed by atoms with Crippen LogP contribution in [0.25, 0.3) is 5.57 Å². The number of phenols is 1. The third kappa shape index (κ3) is 6.81. The molecule has 2 amide bonds. The van der Waals surface area contributed by atoms with Crippen molar-refractivity contribution in [3.05, 3.63) is 119 Å². The number of benzene rings is 3. The molecule has 48 heavy (non-hydrogen) atoms. The molecule has 0 atom stereocenters. The van der Waals surface area contributed by atoms with Crippen LogP contribution >= 0.6 is 0 Å². The molecule has 1 radical (unpaired) electrons. The molecule has 1 heterocycles. The van der Waals surface area contributed by atoms with Gasteiger partial charge in [-0.1, -0.05) is 42.5 Å². The van der Waals surface area contributed by atoms with Crippen LogP contribution in [-0.4, -0.2) is 94.9 Å². The summed E-state index contributed by atoms with van der Waals surface area (Å²) in [6.07, 6.45) is 4.46. The fourth-order valence-electron chi connectivity index (χ4n) is 6.60. The van der Waals surface area contributed by atoms with Crippen LogP contribution in [0.2, 0.25) is 0 Å². The van der Waals surface area contributed by atoms with Crippen molar-refractivity contribution in [2.45, 2.75) is 34.1 Å². The van der Waals surface area contributed by atoms with Crippen molar-refractivity contribution in [3.63, 3.8) is 0 Å². The van der Waals surface area contributed by atoms with Gasteiger partial charge in [0, 0.05) is 92.9 Å². The molecular formula is C39H45N4O5.